The number of nitrogens with one attached hydrogen (secondary N) is 2. The summed E-state index contributed by atoms with van der Waals surface area (Å²) in [5.74, 6) is 0. The van der Waals surface area contributed by atoms with Crippen LogP contribution in [0.2, 0.25) is 0 Å². The Kier molecular flexibility index (Phi) is 11.7. The van der Waals surface area contributed by atoms with Gasteiger partial charge in [0, 0.05) is 26.3 Å². The van der Waals surface area contributed by atoms with E-state index >= 15 is 0 Å². The lowest BCUT2D eigenvalue weighted by molar-refractivity contribution is 0.0768. The summed E-state index contributed by atoms with van der Waals surface area (Å²) in [4.78, 5) is 0. The van der Waals surface area contributed by atoms with Crippen LogP contribution in [0.3, 0.4) is 0 Å². The monoisotopic (exact) mass is 412 g/mol. The lowest BCUT2D eigenvalue weighted by Gasteiger charge is -2.14. The van der Waals surface area contributed by atoms with Crippen LogP contribution < -0.4 is 10.6 Å². The van der Waals surface area contributed by atoms with E-state index in [1.807, 2.05) is 0 Å². The van der Waals surface area contributed by atoms with Gasteiger partial charge in [0.1, 0.15) is 0 Å². The molecule has 2 aromatic rings. The topological polar surface area (TPSA) is 42.5 Å². The molecule has 0 heterocycles. The summed E-state index contributed by atoms with van der Waals surface area (Å²) in [5.41, 5.74) is 5.23. The first kappa shape index (κ1) is 24.5. The van der Waals surface area contributed by atoms with Crippen molar-refractivity contribution in [2.24, 2.45) is 0 Å². The highest BCUT2D eigenvalue weighted by molar-refractivity contribution is 5.67. The molecular weight excluding hydrogens is 372 g/mol. The Labute approximate surface area is 183 Å². The maximum atomic E-state index is 5.63. The molecule has 166 valence electrons. The van der Waals surface area contributed by atoms with Crippen molar-refractivity contribution in [1.82, 2.24) is 10.6 Å². The maximum absolute atomic E-state index is 5.63. The Morgan fingerprint density at radius 2 is 1.33 bits per heavy atom. The summed E-state index contributed by atoms with van der Waals surface area (Å²) >= 11 is 0. The molecule has 0 atom stereocenters. The van der Waals surface area contributed by atoms with Crippen molar-refractivity contribution in [1.29, 1.82) is 0 Å². The van der Waals surface area contributed by atoms with Crippen molar-refractivity contribution in [3.63, 3.8) is 0 Å². The molecular formula is C26H40N2O2. The van der Waals surface area contributed by atoms with Crippen LogP contribution in [0.25, 0.3) is 11.1 Å². The molecule has 0 saturated heterocycles. The van der Waals surface area contributed by atoms with E-state index < -0.39 is 0 Å². The summed E-state index contributed by atoms with van der Waals surface area (Å²) < 4.78 is 11.2. The zero-order valence-corrected chi connectivity index (χ0v) is 19.2. The Balaban J connectivity index is 1.90. The van der Waals surface area contributed by atoms with Crippen molar-refractivity contribution in [3.05, 3.63) is 59.7 Å². The Morgan fingerprint density at radius 1 is 0.733 bits per heavy atom. The average Bonchev–Trinajstić information content (AvgIpc) is 2.73. The molecule has 0 aliphatic rings. The first-order chi connectivity index (χ1) is 14.6. The van der Waals surface area contributed by atoms with E-state index in [0.717, 1.165) is 52.2 Å². The van der Waals surface area contributed by atoms with Crippen LogP contribution in [-0.4, -0.2) is 38.5 Å². The molecule has 4 heteroatoms. The van der Waals surface area contributed by atoms with Gasteiger partial charge in [0.2, 0.25) is 0 Å². The summed E-state index contributed by atoms with van der Waals surface area (Å²) in [5, 5.41) is 7.13. The predicted octanol–water partition coefficient (Wildman–Crippen LogP) is 5.16. The number of ether oxygens (including phenoxy) is 2. The van der Waals surface area contributed by atoms with Crippen molar-refractivity contribution < 1.29 is 9.47 Å². The van der Waals surface area contributed by atoms with Gasteiger partial charge in [-0.15, -0.1) is 0 Å². The molecule has 0 unspecified atom stereocenters. The summed E-state index contributed by atoms with van der Waals surface area (Å²) in [6.45, 7) is 13.6. The lowest BCUT2D eigenvalue weighted by atomic mass is 9.97. The normalized spacial score (nSPS) is 11.5. The smallest absolute Gasteiger partial charge is 0.0518 e. The van der Waals surface area contributed by atoms with Gasteiger partial charge < -0.3 is 20.1 Å². The van der Waals surface area contributed by atoms with E-state index in [1.165, 1.54) is 22.3 Å². The van der Waals surface area contributed by atoms with Gasteiger partial charge in [0.25, 0.3) is 0 Å². The third-order valence-electron chi connectivity index (χ3n) is 4.80. The number of benzene rings is 2. The molecule has 0 aromatic heterocycles. The molecule has 0 spiro atoms. The molecule has 0 amide bonds. The van der Waals surface area contributed by atoms with Gasteiger partial charge in [-0.2, -0.15) is 0 Å². The fraction of sp³-hybridized carbons (Fsp3) is 0.538. The summed E-state index contributed by atoms with van der Waals surface area (Å²) in [6.07, 6.45) is 2.67. The van der Waals surface area contributed by atoms with Crippen LogP contribution in [0.5, 0.6) is 0 Å². The van der Waals surface area contributed by atoms with E-state index in [4.69, 9.17) is 9.47 Å². The highest BCUT2D eigenvalue weighted by Crippen LogP contribution is 2.25. The number of hydrogen-bond donors (Lipinski definition) is 2. The van der Waals surface area contributed by atoms with E-state index in [2.05, 4.69) is 86.9 Å². The minimum Gasteiger partial charge on any atom is -0.379 e. The van der Waals surface area contributed by atoms with E-state index in [1.54, 1.807) is 0 Å². The molecule has 2 rings (SSSR count). The van der Waals surface area contributed by atoms with Gasteiger partial charge in [-0.1, -0.05) is 48.5 Å². The molecule has 2 aromatic carbocycles. The van der Waals surface area contributed by atoms with Crippen LogP contribution in [0.1, 0.15) is 51.7 Å². The second-order valence-corrected chi connectivity index (χ2v) is 8.26. The number of rotatable bonds is 15. The van der Waals surface area contributed by atoms with Crippen molar-refractivity contribution in [3.8, 4) is 11.1 Å². The van der Waals surface area contributed by atoms with Gasteiger partial charge >= 0.3 is 0 Å². The SMILES string of the molecule is CC(C)OCCCNCc1ccc(-c2ccccc2)c(CNCCCOC(C)C)c1. The molecule has 0 aliphatic heterocycles. The molecule has 2 N–H and O–H groups in total. The molecule has 0 bridgehead atoms. The molecule has 0 saturated carbocycles. The molecule has 30 heavy (non-hydrogen) atoms. The van der Waals surface area contributed by atoms with Gasteiger partial charge in [-0.05, 0) is 75.9 Å². The second kappa shape index (κ2) is 14.3. The Morgan fingerprint density at radius 3 is 1.93 bits per heavy atom. The van der Waals surface area contributed by atoms with Crippen LogP contribution in [0, 0.1) is 0 Å². The fourth-order valence-electron chi connectivity index (χ4n) is 3.29. The van der Waals surface area contributed by atoms with Crippen LogP contribution >= 0.6 is 0 Å². The van der Waals surface area contributed by atoms with E-state index in [0.29, 0.717) is 12.2 Å². The second-order valence-electron chi connectivity index (χ2n) is 8.26. The van der Waals surface area contributed by atoms with E-state index in [-0.39, 0.29) is 0 Å². The van der Waals surface area contributed by atoms with Gasteiger partial charge in [-0.25, -0.2) is 0 Å². The van der Waals surface area contributed by atoms with Crippen LogP contribution in [-0.2, 0) is 22.6 Å². The zero-order chi connectivity index (χ0) is 21.6. The third-order valence-corrected chi connectivity index (χ3v) is 4.80. The molecule has 0 fully saturated rings. The molecule has 0 aliphatic carbocycles. The molecule has 4 nitrogen and oxygen atoms in total. The predicted molar refractivity (Wildman–Crippen MR) is 127 cm³/mol. The summed E-state index contributed by atoms with van der Waals surface area (Å²) in [6, 6.07) is 17.5. The van der Waals surface area contributed by atoms with Crippen LogP contribution in [0.15, 0.2) is 48.5 Å². The highest BCUT2D eigenvalue weighted by Gasteiger charge is 2.07. The minimum atomic E-state index is 0.302. The zero-order valence-electron chi connectivity index (χ0n) is 19.2. The van der Waals surface area contributed by atoms with Gasteiger partial charge in [-0.3, -0.25) is 0 Å². The summed E-state index contributed by atoms with van der Waals surface area (Å²) in [7, 11) is 0. The minimum absolute atomic E-state index is 0.302. The van der Waals surface area contributed by atoms with Crippen LogP contribution in [0.4, 0.5) is 0 Å². The standard InChI is InChI=1S/C26H40N2O2/c1-21(2)29-16-8-14-27-19-23-12-13-26(24-10-6-5-7-11-24)25(18-23)20-28-15-9-17-30-22(3)4/h5-7,10-13,18,21-22,27-28H,8-9,14-17,19-20H2,1-4H3. The quantitative estimate of drug-likeness (QED) is 0.396. The largest absolute Gasteiger partial charge is 0.379 e. The van der Waals surface area contributed by atoms with Crippen molar-refractivity contribution in [2.45, 2.75) is 65.8 Å². The number of hydrogen-bond acceptors (Lipinski definition) is 4. The van der Waals surface area contributed by atoms with E-state index in [9.17, 15) is 0 Å². The fourth-order valence-corrected chi connectivity index (χ4v) is 3.29. The first-order valence-corrected chi connectivity index (χ1v) is 11.4. The van der Waals surface area contributed by atoms with Gasteiger partial charge in [0.15, 0.2) is 0 Å². The average molecular weight is 413 g/mol. The highest BCUT2D eigenvalue weighted by atomic mass is 16.5. The van der Waals surface area contributed by atoms with Gasteiger partial charge in [0.05, 0.1) is 12.2 Å². The molecule has 0 radical (unpaired) electrons. The van der Waals surface area contributed by atoms with Crippen molar-refractivity contribution >= 4 is 0 Å². The Hall–Kier alpha value is -1.72. The third kappa shape index (κ3) is 9.86. The first-order valence-electron chi connectivity index (χ1n) is 11.4. The Bertz CT molecular complexity index is 701. The lowest BCUT2D eigenvalue weighted by Crippen LogP contribution is -2.19. The van der Waals surface area contributed by atoms with Crippen molar-refractivity contribution in [2.75, 3.05) is 26.3 Å². The maximum Gasteiger partial charge on any atom is 0.0518 e.